The van der Waals surface area contributed by atoms with E-state index in [2.05, 4.69) is 34.4 Å². The molecule has 2 fully saturated rings. The minimum atomic E-state index is 0. The van der Waals surface area contributed by atoms with Crippen molar-refractivity contribution < 1.29 is 0 Å². The zero-order valence-electron chi connectivity index (χ0n) is 12.5. The first-order chi connectivity index (χ1) is 8.69. The first-order valence-electron chi connectivity index (χ1n) is 7.40. The van der Waals surface area contributed by atoms with E-state index >= 15 is 0 Å². The third-order valence-corrected chi connectivity index (χ3v) is 3.75. The lowest BCUT2D eigenvalue weighted by molar-refractivity contribution is 0.226. The van der Waals surface area contributed by atoms with Crippen LogP contribution in [0.5, 0.6) is 0 Å². The molecule has 1 heterocycles. The molecular weight excluding hydrogens is 351 g/mol. The van der Waals surface area contributed by atoms with Crippen molar-refractivity contribution in [3.05, 3.63) is 0 Å². The van der Waals surface area contributed by atoms with Gasteiger partial charge in [0.15, 0.2) is 5.96 Å². The van der Waals surface area contributed by atoms with Gasteiger partial charge in [-0.3, -0.25) is 9.89 Å². The maximum atomic E-state index is 4.29. The maximum absolute atomic E-state index is 4.29. The predicted octanol–water partition coefficient (Wildman–Crippen LogP) is 2.05. The molecule has 2 rings (SSSR count). The van der Waals surface area contributed by atoms with Gasteiger partial charge in [-0.2, -0.15) is 0 Å². The molecule has 0 radical (unpaired) electrons. The van der Waals surface area contributed by atoms with Crippen LogP contribution in [0.3, 0.4) is 0 Å². The summed E-state index contributed by atoms with van der Waals surface area (Å²) in [6.07, 6.45) is 5.25. The molecule has 112 valence electrons. The van der Waals surface area contributed by atoms with Crippen LogP contribution in [0, 0.1) is 5.92 Å². The van der Waals surface area contributed by atoms with Crippen molar-refractivity contribution >= 4 is 29.9 Å². The maximum Gasteiger partial charge on any atom is 0.191 e. The summed E-state index contributed by atoms with van der Waals surface area (Å²) in [5, 5.41) is 6.92. The van der Waals surface area contributed by atoms with Crippen molar-refractivity contribution in [1.82, 2.24) is 15.5 Å². The van der Waals surface area contributed by atoms with Gasteiger partial charge in [-0.15, -0.1) is 24.0 Å². The Morgan fingerprint density at radius 1 is 1.32 bits per heavy atom. The summed E-state index contributed by atoms with van der Waals surface area (Å²) in [4.78, 5) is 6.92. The normalized spacial score (nSPS) is 24.4. The number of rotatable bonds is 5. The van der Waals surface area contributed by atoms with Crippen LogP contribution in [0.15, 0.2) is 4.99 Å². The highest BCUT2D eigenvalue weighted by molar-refractivity contribution is 14.0. The molecule has 0 aromatic carbocycles. The molecule has 4 nitrogen and oxygen atoms in total. The molecule has 0 amide bonds. The molecule has 2 aliphatic rings. The number of nitrogens with zero attached hydrogens (tertiary/aromatic N) is 2. The molecule has 0 unspecified atom stereocenters. The molecule has 1 aliphatic heterocycles. The average Bonchev–Trinajstić information content (AvgIpc) is 3.04. The molecule has 0 bridgehead atoms. The lowest BCUT2D eigenvalue weighted by atomic mass is 10.1. The first-order valence-corrected chi connectivity index (χ1v) is 7.40. The van der Waals surface area contributed by atoms with Crippen molar-refractivity contribution in [2.75, 3.05) is 26.7 Å². The fraction of sp³-hybridized carbons (Fsp3) is 0.929. The molecule has 0 aromatic heterocycles. The van der Waals surface area contributed by atoms with Gasteiger partial charge in [-0.05, 0) is 38.1 Å². The molecule has 0 spiro atoms. The fourth-order valence-electron chi connectivity index (χ4n) is 2.67. The summed E-state index contributed by atoms with van der Waals surface area (Å²) in [6.45, 7) is 8.12. The van der Waals surface area contributed by atoms with E-state index in [1.54, 1.807) is 0 Å². The number of halogens is 1. The van der Waals surface area contributed by atoms with Crippen molar-refractivity contribution in [3.63, 3.8) is 0 Å². The van der Waals surface area contributed by atoms with E-state index in [0.717, 1.165) is 18.4 Å². The summed E-state index contributed by atoms with van der Waals surface area (Å²) in [5.74, 6) is 1.74. The number of likely N-dealkylation sites (tertiary alicyclic amines) is 1. The van der Waals surface area contributed by atoms with E-state index in [-0.39, 0.29) is 24.0 Å². The molecule has 2 N–H and O–H groups in total. The predicted molar refractivity (Wildman–Crippen MR) is 92.4 cm³/mol. The Morgan fingerprint density at radius 2 is 2.05 bits per heavy atom. The van der Waals surface area contributed by atoms with Crippen LogP contribution in [-0.4, -0.2) is 49.6 Å². The average molecular weight is 380 g/mol. The van der Waals surface area contributed by atoms with Crippen LogP contribution in [0.4, 0.5) is 0 Å². The van der Waals surface area contributed by atoms with Gasteiger partial charge in [0.05, 0.1) is 0 Å². The van der Waals surface area contributed by atoms with E-state index in [0.29, 0.717) is 12.1 Å². The van der Waals surface area contributed by atoms with E-state index in [1.165, 1.54) is 38.8 Å². The molecule has 1 atom stereocenters. The van der Waals surface area contributed by atoms with E-state index in [1.807, 2.05) is 7.05 Å². The van der Waals surface area contributed by atoms with E-state index < -0.39 is 0 Å². The Labute approximate surface area is 134 Å². The minimum Gasteiger partial charge on any atom is -0.355 e. The summed E-state index contributed by atoms with van der Waals surface area (Å²) in [7, 11) is 1.86. The first kappa shape index (κ1) is 17.0. The van der Waals surface area contributed by atoms with Crippen LogP contribution >= 0.6 is 24.0 Å². The molecular formula is C14H29IN4. The highest BCUT2D eigenvalue weighted by Crippen LogP contribution is 2.19. The minimum absolute atomic E-state index is 0. The highest BCUT2D eigenvalue weighted by Gasteiger charge is 2.26. The third-order valence-electron chi connectivity index (χ3n) is 3.75. The number of hydrogen-bond acceptors (Lipinski definition) is 2. The Balaban J connectivity index is 0.00000180. The van der Waals surface area contributed by atoms with Gasteiger partial charge in [0.25, 0.3) is 0 Å². The smallest absolute Gasteiger partial charge is 0.191 e. The Morgan fingerprint density at radius 3 is 2.63 bits per heavy atom. The summed E-state index contributed by atoms with van der Waals surface area (Å²) in [5.41, 5.74) is 0. The quantitative estimate of drug-likeness (QED) is 0.436. The van der Waals surface area contributed by atoms with Crippen LogP contribution < -0.4 is 10.6 Å². The molecule has 1 saturated carbocycles. The Kier molecular flexibility index (Phi) is 7.42. The van der Waals surface area contributed by atoms with Gasteiger partial charge in [0.2, 0.25) is 0 Å². The molecule has 1 aliphatic carbocycles. The Bertz CT molecular complexity index is 289. The van der Waals surface area contributed by atoms with Gasteiger partial charge in [0, 0.05) is 32.2 Å². The largest absolute Gasteiger partial charge is 0.355 e. The molecule has 19 heavy (non-hydrogen) atoms. The second-order valence-corrected chi connectivity index (χ2v) is 6.06. The molecule has 0 aromatic rings. The second kappa shape index (κ2) is 8.29. The van der Waals surface area contributed by atoms with Crippen LogP contribution in [0.25, 0.3) is 0 Å². The van der Waals surface area contributed by atoms with Crippen molar-refractivity contribution in [2.24, 2.45) is 10.9 Å². The second-order valence-electron chi connectivity index (χ2n) is 6.06. The van der Waals surface area contributed by atoms with Crippen molar-refractivity contribution in [1.29, 1.82) is 0 Å². The summed E-state index contributed by atoms with van der Waals surface area (Å²) in [6, 6.07) is 1.36. The SMILES string of the molecule is CN=C(NC[C@H]1CCCN1CC(C)C)NC1CC1.I. The van der Waals surface area contributed by atoms with Gasteiger partial charge in [-0.1, -0.05) is 13.8 Å². The van der Waals surface area contributed by atoms with Gasteiger partial charge in [0.1, 0.15) is 0 Å². The van der Waals surface area contributed by atoms with Crippen LogP contribution in [-0.2, 0) is 0 Å². The van der Waals surface area contributed by atoms with Crippen molar-refractivity contribution in [2.45, 2.75) is 51.6 Å². The standard InChI is InChI=1S/C14H28N4.HI/c1-11(2)10-18-8-4-5-13(18)9-16-14(15-3)17-12-6-7-12;/h11-13H,4-10H2,1-3H3,(H2,15,16,17);1H/t13-;/m1./s1. The lowest BCUT2D eigenvalue weighted by Crippen LogP contribution is -2.46. The monoisotopic (exact) mass is 380 g/mol. The number of aliphatic imine (C=N–C) groups is 1. The zero-order chi connectivity index (χ0) is 13.0. The zero-order valence-corrected chi connectivity index (χ0v) is 14.8. The third kappa shape index (κ3) is 5.85. The van der Waals surface area contributed by atoms with Gasteiger partial charge >= 0.3 is 0 Å². The lowest BCUT2D eigenvalue weighted by Gasteiger charge is -2.27. The Hall–Kier alpha value is -0.0400. The van der Waals surface area contributed by atoms with E-state index in [9.17, 15) is 0 Å². The molecule has 5 heteroatoms. The van der Waals surface area contributed by atoms with Crippen molar-refractivity contribution in [3.8, 4) is 0 Å². The van der Waals surface area contributed by atoms with Gasteiger partial charge < -0.3 is 10.6 Å². The summed E-state index contributed by atoms with van der Waals surface area (Å²) >= 11 is 0. The topological polar surface area (TPSA) is 39.7 Å². The number of guanidine groups is 1. The number of nitrogens with one attached hydrogen (secondary N) is 2. The molecule has 1 saturated heterocycles. The van der Waals surface area contributed by atoms with Crippen LogP contribution in [0.1, 0.15) is 39.5 Å². The fourth-order valence-corrected chi connectivity index (χ4v) is 2.67. The van der Waals surface area contributed by atoms with Gasteiger partial charge in [-0.25, -0.2) is 0 Å². The van der Waals surface area contributed by atoms with E-state index in [4.69, 9.17) is 0 Å². The van der Waals surface area contributed by atoms with Crippen LogP contribution in [0.2, 0.25) is 0 Å². The summed E-state index contributed by atoms with van der Waals surface area (Å²) < 4.78 is 0. The highest BCUT2D eigenvalue weighted by atomic mass is 127. The number of hydrogen-bond donors (Lipinski definition) is 2.